The van der Waals surface area contributed by atoms with E-state index < -0.39 is 9.84 Å². The van der Waals surface area contributed by atoms with E-state index >= 15 is 0 Å². The maximum Gasteiger partial charge on any atom is 0.191 e. The van der Waals surface area contributed by atoms with Crippen LogP contribution < -0.4 is 15.5 Å². The molecule has 1 aromatic heterocycles. The van der Waals surface area contributed by atoms with Gasteiger partial charge in [-0.1, -0.05) is 18.2 Å². The topological polar surface area (TPSA) is 86.9 Å². The summed E-state index contributed by atoms with van der Waals surface area (Å²) in [5.74, 6) is 1.77. The SMILES string of the molecule is CC(CCS(C)(=O)=O)NC(=NCCCN(C)c1ccccc1)NCCc1ccco1. The Morgan fingerprint density at radius 3 is 2.63 bits per heavy atom. The van der Waals surface area contributed by atoms with Gasteiger partial charge in [0.25, 0.3) is 0 Å². The van der Waals surface area contributed by atoms with Gasteiger partial charge < -0.3 is 20.0 Å². The molecule has 2 aromatic rings. The fourth-order valence-corrected chi connectivity index (χ4v) is 3.70. The summed E-state index contributed by atoms with van der Waals surface area (Å²) in [5.41, 5.74) is 1.19. The molecule has 30 heavy (non-hydrogen) atoms. The van der Waals surface area contributed by atoms with Gasteiger partial charge >= 0.3 is 0 Å². The van der Waals surface area contributed by atoms with Crippen molar-refractivity contribution in [2.24, 2.45) is 4.99 Å². The zero-order valence-corrected chi connectivity index (χ0v) is 19.0. The van der Waals surface area contributed by atoms with Crippen molar-refractivity contribution in [3.63, 3.8) is 0 Å². The van der Waals surface area contributed by atoms with Gasteiger partial charge in [-0.05, 0) is 44.0 Å². The van der Waals surface area contributed by atoms with Gasteiger partial charge in [0.05, 0.1) is 12.0 Å². The fraction of sp³-hybridized carbons (Fsp3) is 0.500. The maximum absolute atomic E-state index is 11.4. The molecule has 0 saturated heterocycles. The fourth-order valence-electron chi connectivity index (χ4n) is 2.92. The summed E-state index contributed by atoms with van der Waals surface area (Å²) in [6.07, 6.45) is 5.13. The van der Waals surface area contributed by atoms with E-state index in [0.29, 0.717) is 25.5 Å². The lowest BCUT2D eigenvalue weighted by molar-refractivity contribution is 0.506. The molecule has 0 amide bonds. The summed E-state index contributed by atoms with van der Waals surface area (Å²) in [6, 6.07) is 14.1. The highest BCUT2D eigenvalue weighted by Crippen LogP contribution is 2.10. The van der Waals surface area contributed by atoms with E-state index in [1.165, 1.54) is 11.9 Å². The molecular formula is C22H34N4O3S. The van der Waals surface area contributed by atoms with Gasteiger partial charge in [0.15, 0.2) is 5.96 Å². The van der Waals surface area contributed by atoms with Crippen LogP contribution in [0.4, 0.5) is 5.69 Å². The molecule has 166 valence electrons. The molecule has 1 unspecified atom stereocenters. The van der Waals surface area contributed by atoms with Crippen molar-refractivity contribution in [3.05, 3.63) is 54.5 Å². The molecule has 0 aliphatic carbocycles. The van der Waals surface area contributed by atoms with Crippen LogP contribution in [0.25, 0.3) is 0 Å². The lowest BCUT2D eigenvalue weighted by Gasteiger charge is -2.20. The van der Waals surface area contributed by atoms with E-state index in [0.717, 1.165) is 25.1 Å². The van der Waals surface area contributed by atoms with Crippen LogP contribution in [0, 0.1) is 0 Å². The molecule has 0 radical (unpaired) electrons. The zero-order valence-electron chi connectivity index (χ0n) is 18.2. The average Bonchev–Trinajstić information content (AvgIpc) is 3.23. The van der Waals surface area contributed by atoms with E-state index in [9.17, 15) is 8.42 Å². The van der Waals surface area contributed by atoms with Crippen molar-refractivity contribution in [2.45, 2.75) is 32.2 Å². The number of nitrogens with zero attached hydrogens (tertiary/aromatic N) is 2. The number of hydrogen-bond donors (Lipinski definition) is 2. The van der Waals surface area contributed by atoms with Crippen LogP contribution in [0.1, 0.15) is 25.5 Å². The van der Waals surface area contributed by atoms with Crippen LogP contribution in [-0.4, -0.2) is 59.1 Å². The number of furan rings is 1. The number of rotatable bonds is 12. The molecular weight excluding hydrogens is 400 g/mol. The first-order valence-corrected chi connectivity index (χ1v) is 12.4. The number of aliphatic imine (C=N–C) groups is 1. The second-order valence-electron chi connectivity index (χ2n) is 7.56. The van der Waals surface area contributed by atoms with E-state index in [-0.39, 0.29) is 11.8 Å². The Morgan fingerprint density at radius 2 is 1.97 bits per heavy atom. The minimum absolute atomic E-state index is 0.00146. The van der Waals surface area contributed by atoms with Crippen molar-refractivity contribution in [3.8, 4) is 0 Å². The molecule has 0 fully saturated rings. The zero-order chi connectivity index (χ0) is 21.8. The first-order valence-electron chi connectivity index (χ1n) is 10.3. The Morgan fingerprint density at radius 1 is 1.20 bits per heavy atom. The van der Waals surface area contributed by atoms with Gasteiger partial charge in [-0.15, -0.1) is 0 Å². The van der Waals surface area contributed by atoms with Crippen LogP contribution in [-0.2, 0) is 16.3 Å². The van der Waals surface area contributed by atoms with Crippen LogP contribution in [0.3, 0.4) is 0 Å². The third kappa shape index (κ3) is 9.82. The van der Waals surface area contributed by atoms with Crippen molar-refractivity contribution in [2.75, 3.05) is 43.6 Å². The van der Waals surface area contributed by atoms with Gasteiger partial charge in [-0.3, -0.25) is 4.99 Å². The molecule has 0 bridgehead atoms. The number of nitrogens with one attached hydrogen (secondary N) is 2. The number of sulfone groups is 1. The lowest BCUT2D eigenvalue weighted by Crippen LogP contribution is -2.43. The maximum atomic E-state index is 11.4. The minimum Gasteiger partial charge on any atom is -0.469 e. The van der Waals surface area contributed by atoms with E-state index in [2.05, 4.69) is 39.7 Å². The van der Waals surface area contributed by atoms with Gasteiger partial charge in [-0.25, -0.2) is 8.42 Å². The number of hydrogen-bond acceptors (Lipinski definition) is 5. The quantitative estimate of drug-likeness (QED) is 0.303. The highest BCUT2D eigenvalue weighted by Gasteiger charge is 2.10. The van der Waals surface area contributed by atoms with E-state index in [4.69, 9.17) is 4.42 Å². The summed E-state index contributed by atoms with van der Waals surface area (Å²) in [6.45, 7) is 4.23. The molecule has 0 spiro atoms. The van der Waals surface area contributed by atoms with Gasteiger partial charge in [-0.2, -0.15) is 0 Å². The van der Waals surface area contributed by atoms with Crippen molar-refractivity contribution >= 4 is 21.5 Å². The Kier molecular flexibility index (Phi) is 9.73. The van der Waals surface area contributed by atoms with Crippen LogP contribution in [0.5, 0.6) is 0 Å². The van der Waals surface area contributed by atoms with Crippen molar-refractivity contribution in [1.82, 2.24) is 10.6 Å². The third-order valence-electron chi connectivity index (χ3n) is 4.67. The Labute approximate surface area is 180 Å². The normalized spacial score (nSPS) is 13.1. The molecule has 0 aliphatic heterocycles. The molecule has 0 saturated carbocycles. The van der Waals surface area contributed by atoms with Crippen LogP contribution in [0.2, 0.25) is 0 Å². The molecule has 1 aromatic carbocycles. The Hall–Kier alpha value is -2.48. The van der Waals surface area contributed by atoms with E-state index in [1.807, 2.05) is 37.3 Å². The molecule has 8 heteroatoms. The molecule has 7 nitrogen and oxygen atoms in total. The third-order valence-corrected chi connectivity index (χ3v) is 5.64. The van der Waals surface area contributed by atoms with Crippen molar-refractivity contribution in [1.29, 1.82) is 0 Å². The van der Waals surface area contributed by atoms with Gasteiger partial charge in [0, 0.05) is 51.1 Å². The second-order valence-corrected chi connectivity index (χ2v) is 9.82. The number of para-hydroxylation sites is 1. The first-order chi connectivity index (χ1) is 14.3. The summed E-state index contributed by atoms with van der Waals surface area (Å²) < 4.78 is 28.2. The lowest BCUT2D eigenvalue weighted by atomic mass is 10.2. The predicted octanol–water partition coefficient (Wildman–Crippen LogP) is 2.71. The Bertz CT molecular complexity index is 852. The number of anilines is 1. The van der Waals surface area contributed by atoms with E-state index in [1.54, 1.807) is 6.26 Å². The predicted molar refractivity (Wildman–Crippen MR) is 124 cm³/mol. The van der Waals surface area contributed by atoms with Crippen LogP contribution >= 0.6 is 0 Å². The number of benzene rings is 1. The molecule has 1 heterocycles. The monoisotopic (exact) mass is 434 g/mol. The molecule has 2 N–H and O–H groups in total. The summed E-state index contributed by atoms with van der Waals surface area (Å²) >= 11 is 0. The highest BCUT2D eigenvalue weighted by atomic mass is 32.2. The molecule has 0 aliphatic rings. The molecule has 1 atom stereocenters. The largest absolute Gasteiger partial charge is 0.469 e. The van der Waals surface area contributed by atoms with Gasteiger partial charge in [0.1, 0.15) is 15.6 Å². The summed E-state index contributed by atoms with van der Waals surface area (Å²) in [7, 11) is -0.900. The average molecular weight is 435 g/mol. The smallest absolute Gasteiger partial charge is 0.191 e. The summed E-state index contributed by atoms with van der Waals surface area (Å²) in [5, 5.41) is 6.64. The number of guanidine groups is 1. The highest BCUT2D eigenvalue weighted by molar-refractivity contribution is 7.90. The minimum atomic E-state index is -2.98. The first kappa shape index (κ1) is 23.8. The second kappa shape index (κ2) is 12.3. The van der Waals surface area contributed by atoms with Crippen LogP contribution in [0.15, 0.2) is 58.1 Å². The van der Waals surface area contributed by atoms with Gasteiger partial charge in [0.2, 0.25) is 0 Å². The summed E-state index contributed by atoms with van der Waals surface area (Å²) in [4.78, 5) is 6.89. The molecule has 2 rings (SSSR count). The van der Waals surface area contributed by atoms with Crippen molar-refractivity contribution < 1.29 is 12.8 Å². The standard InChI is InChI=1S/C22H34N4O3S/c1-19(13-18-30(3,27)28)25-22(24-15-12-21-11-7-17-29-21)23-14-8-16-26(2)20-9-5-4-6-10-20/h4-7,9-11,17,19H,8,12-16,18H2,1-3H3,(H2,23,24,25). The Balaban J connectivity index is 1.84.